The van der Waals surface area contributed by atoms with Crippen molar-refractivity contribution >= 4 is 16.3 Å². The molecule has 1 aliphatic rings. The van der Waals surface area contributed by atoms with Gasteiger partial charge in [-0.25, -0.2) is 4.98 Å². The van der Waals surface area contributed by atoms with Crippen LogP contribution in [0.15, 0.2) is 35.8 Å². The first-order chi connectivity index (χ1) is 13.7. The van der Waals surface area contributed by atoms with Gasteiger partial charge in [0, 0.05) is 56.9 Å². The van der Waals surface area contributed by atoms with Gasteiger partial charge in [0.2, 0.25) is 0 Å². The Hall–Kier alpha value is -1.93. The highest BCUT2D eigenvalue weighted by Crippen LogP contribution is 2.23. The molecule has 150 valence electrons. The third kappa shape index (κ3) is 4.07. The Morgan fingerprint density at radius 1 is 1.29 bits per heavy atom. The average Bonchev–Trinajstić information content (AvgIpc) is 3.26. The molecule has 0 radical (unpaired) electrons. The van der Waals surface area contributed by atoms with E-state index in [4.69, 9.17) is 4.74 Å². The lowest BCUT2D eigenvalue weighted by atomic mass is 10.1. The lowest BCUT2D eigenvalue weighted by Crippen LogP contribution is -2.52. The third-order valence-electron chi connectivity index (χ3n) is 5.61. The van der Waals surface area contributed by atoms with Crippen molar-refractivity contribution in [3.63, 3.8) is 0 Å². The number of benzene rings is 1. The van der Waals surface area contributed by atoms with Crippen molar-refractivity contribution in [1.82, 2.24) is 19.2 Å². The molecule has 1 fully saturated rings. The summed E-state index contributed by atoms with van der Waals surface area (Å²) in [4.78, 5) is 10.7. The SMILES string of the molecule is COc1cccc(CN2CCN(Cc3c(C)nc4sccn34)C[C@@H]2CCO)c1. The minimum absolute atomic E-state index is 0.216. The number of aromatic nitrogens is 2. The number of nitrogens with zero attached hydrogens (tertiary/aromatic N) is 4. The number of piperazine rings is 1. The highest BCUT2D eigenvalue weighted by Gasteiger charge is 2.27. The number of thiazole rings is 1. The lowest BCUT2D eigenvalue weighted by molar-refractivity contribution is 0.0491. The summed E-state index contributed by atoms with van der Waals surface area (Å²) in [6, 6.07) is 8.61. The van der Waals surface area contributed by atoms with E-state index in [1.54, 1.807) is 18.4 Å². The normalized spacial score (nSPS) is 18.8. The van der Waals surface area contributed by atoms with Crippen molar-refractivity contribution < 1.29 is 9.84 Å². The average molecular weight is 401 g/mol. The molecule has 3 heterocycles. The maximum Gasteiger partial charge on any atom is 0.194 e. The van der Waals surface area contributed by atoms with Gasteiger partial charge in [0.1, 0.15) is 5.75 Å². The van der Waals surface area contributed by atoms with Gasteiger partial charge in [-0.3, -0.25) is 14.2 Å². The van der Waals surface area contributed by atoms with E-state index < -0.39 is 0 Å². The van der Waals surface area contributed by atoms with Crippen molar-refractivity contribution in [2.45, 2.75) is 32.5 Å². The van der Waals surface area contributed by atoms with E-state index >= 15 is 0 Å². The molecule has 3 aromatic rings. The van der Waals surface area contributed by atoms with Gasteiger partial charge in [0.05, 0.1) is 18.5 Å². The number of fused-ring (bicyclic) bond motifs is 1. The second kappa shape index (κ2) is 8.61. The zero-order chi connectivity index (χ0) is 19.5. The van der Waals surface area contributed by atoms with Crippen LogP contribution in [0.1, 0.15) is 23.4 Å². The molecule has 1 atom stereocenters. The molecular weight excluding hydrogens is 372 g/mol. The maximum atomic E-state index is 9.61. The summed E-state index contributed by atoms with van der Waals surface area (Å²) in [7, 11) is 1.70. The van der Waals surface area contributed by atoms with Crippen LogP contribution in [0.25, 0.3) is 4.96 Å². The second-order valence-corrected chi connectivity index (χ2v) is 8.30. The van der Waals surface area contributed by atoms with Gasteiger partial charge < -0.3 is 9.84 Å². The molecule has 1 saturated heterocycles. The molecule has 4 rings (SSSR count). The van der Waals surface area contributed by atoms with Crippen LogP contribution in [0.4, 0.5) is 0 Å². The molecule has 0 saturated carbocycles. The topological polar surface area (TPSA) is 53.2 Å². The molecule has 0 aliphatic carbocycles. The Balaban J connectivity index is 1.45. The highest BCUT2D eigenvalue weighted by molar-refractivity contribution is 7.15. The number of ether oxygens (including phenoxy) is 1. The molecule has 1 N–H and O–H groups in total. The van der Waals surface area contributed by atoms with Gasteiger partial charge in [0.25, 0.3) is 0 Å². The molecule has 0 amide bonds. The van der Waals surface area contributed by atoms with E-state index in [1.165, 1.54) is 11.3 Å². The van der Waals surface area contributed by atoms with Crippen molar-refractivity contribution in [3.8, 4) is 5.75 Å². The van der Waals surface area contributed by atoms with Crippen LogP contribution in [0, 0.1) is 6.92 Å². The Morgan fingerprint density at radius 2 is 2.18 bits per heavy atom. The van der Waals surface area contributed by atoms with Crippen molar-refractivity contribution in [2.24, 2.45) is 0 Å². The van der Waals surface area contributed by atoms with E-state index in [-0.39, 0.29) is 6.61 Å². The summed E-state index contributed by atoms with van der Waals surface area (Å²) in [5.74, 6) is 0.894. The molecule has 0 bridgehead atoms. The predicted molar refractivity (Wildman–Crippen MR) is 112 cm³/mol. The first kappa shape index (κ1) is 19.4. The quantitative estimate of drug-likeness (QED) is 0.661. The van der Waals surface area contributed by atoms with Crippen LogP contribution in [-0.4, -0.2) is 63.7 Å². The Bertz CT molecular complexity index is 922. The van der Waals surface area contributed by atoms with Gasteiger partial charge in [-0.15, -0.1) is 11.3 Å². The van der Waals surface area contributed by atoms with Gasteiger partial charge >= 0.3 is 0 Å². The first-order valence-electron chi connectivity index (χ1n) is 9.79. The van der Waals surface area contributed by atoms with Crippen LogP contribution in [0.2, 0.25) is 0 Å². The smallest absolute Gasteiger partial charge is 0.194 e. The van der Waals surface area contributed by atoms with Crippen molar-refractivity contribution in [3.05, 3.63) is 52.8 Å². The van der Waals surface area contributed by atoms with E-state index in [1.807, 2.05) is 12.1 Å². The zero-order valence-electron chi connectivity index (χ0n) is 16.5. The van der Waals surface area contributed by atoms with Crippen molar-refractivity contribution in [2.75, 3.05) is 33.4 Å². The number of rotatable bonds is 7. The molecule has 28 heavy (non-hydrogen) atoms. The molecule has 1 aliphatic heterocycles. The van der Waals surface area contributed by atoms with Crippen LogP contribution < -0.4 is 4.74 Å². The fraction of sp³-hybridized carbons (Fsp3) is 0.476. The van der Waals surface area contributed by atoms with Crippen molar-refractivity contribution in [1.29, 1.82) is 0 Å². The van der Waals surface area contributed by atoms with Gasteiger partial charge in [0.15, 0.2) is 4.96 Å². The lowest BCUT2D eigenvalue weighted by Gasteiger charge is -2.41. The summed E-state index contributed by atoms with van der Waals surface area (Å²) in [5, 5.41) is 11.7. The van der Waals surface area contributed by atoms with Gasteiger partial charge in [-0.05, 0) is 31.0 Å². The van der Waals surface area contributed by atoms with E-state index in [0.29, 0.717) is 6.04 Å². The minimum atomic E-state index is 0.216. The second-order valence-electron chi connectivity index (χ2n) is 7.42. The van der Waals surface area contributed by atoms with Crippen LogP contribution >= 0.6 is 11.3 Å². The standard InChI is InChI=1S/C21H28N4O2S/c1-16-20(25-9-11-28-21(25)22-16)15-23-7-8-24(18(14-23)6-10-26)13-17-4-3-5-19(12-17)27-2/h3-5,9,11-12,18,26H,6-8,10,13-15H2,1-2H3/t18-/m0/s1. The zero-order valence-corrected chi connectivity index (χ0v) is 17.4. The fourth-order valence-corrected chi connectivity index (χ4v) is 4.86. The number of aliphatic hydroxyl groups is 1. The van der Waals surface area contributed by atoms with Crippen LogP contribution in [0.5, 0.6) is 5.75 Å². The Kier molecular flexibility index (Phi) is 5.96. The minimum Gasteiger partial charge on any atom is -0.497 e. The third-order valence-corrected chi connectivity index (χ3v) is 6.36. The number of imidazole rings is 1. The molecular formula is C21H28N4O2S. The Morgan fingerprint density at radius 3 is 3.00 bits per heavy atom. The molecule has 6 nitrogen and oxygen atoms in total. The van der Waals surface area contributed by atoms with E-state index in [2.05, 4.69) is 49.8 Å². The highest BCUT2D eigenvalue weighted by atomic mass is 32.1. The van der Waals surface area contributed by atoms with Crippen LogP contribution in [-0.2, 0) is 13.1 Å². The molecule has 0 spiro atoms. The molecule has 2 aromatic heterocycles. The molecule has 1 aromatic carbocycles. The number of methoxy groups -OCH3 is 1. The van der Waals surface area contributed by atoms with Gasteiger partial charge in [-0.1, -0.05) is 12.1 Å². The van der Waals surface area contributed by atoms with E-state index in [0.717, 1.165) is 55.5 Å². The number of hydrogen-bond donors (Lipinski definition) is 1. The fourth-order valence-electron chi connectivity index (χ4n) is 4.08. The predicted octanol–water partition coefficient (Wildman–Crippen LogP) is 2.78. The summed E-state index contributed by atoms with van der Waals surface area (Å²) in [5.41, 5.74) is 3.65. The van der Waals surface area contributed by atoms with E-state index in [9.17, 15) is 5.11 Å². The number of aliphatic hydroxyl groups excluding tert-OH is 1. The number of hydrogen-bond acceptors (Lipinski definition) is 6. The monoisotopic (exact) mass is 400 g/mol. The first-order valence-corrected chi connectivity index (χ1v) is 10.7. The molecule has 7 heteroatoms. The summed E-state index contributed by atoms with van der Waals surface area (Å²) >= 11 is 1.68. The Labute approximate surface area is 170 Å². The summed E-state index contributed by atoms with van der Waals surface area (Å²) in [6.45, 7) is 7.07. The largest absolute Gasteiger partial charge is 0.497 e. The number of aryl methyl sites for hydroxylation is 1. The van der Waals surface area contributed by atoms with Crippen LogP contribution in [0.3, 0.4) is 0 Å². The maximum absolute atomic E-state index is 9.61. The van der Waals surface area contributed by atoms with Gasteiger partial charge in [-0.2, -0.15) is 0 Å². The molecule has 0 unspecified atom stereocenters. The summed E-state index contributed by atoms with van der Waals surface area (Å²) in [6.07, 6.45) is 2.90. The summed E-state index contributed by atoms with van der Waals surface area (Å²) < 4.78 is 7.57.